The van der Waals surface area contributed by atoms with Gasteiger partial charge in [-0.05, 0) is 59.5 Å². The third-order valence-corrected chi connectivity index (χ3v) is 6.03. The summed E-state index contributed by atoms with van der Waals surface area (Å²) in [4.78, 5) is 4.67. The fourth-order valence-corrected chi connectivity index (χ4v) is 4.31. The van der Waals surface area contributed by atoms with Crippen LogP contribution in [-0.4, -0.2) is 4.98 Å². The average Bonchev–Trinajstić information content (AvgIpc) is 3.23. The highest BCUT2D eigenvalue weighted by molar-refractivity contribution is 6.10. The number of fused-ring (bicyclic) bond motifs is 3. The summed E-state index contributed by atoms with van der Waals surface area (Å²) in [6, 6.07) is 35.9. The van der Waals surface area contributed by atoms with Crippen LogP contribution >= 0.6 is 0 Å². The predicted molar refractivity (Wildman–Crippen MR) is 133 cm³/mol. The van der Waals surface area contributed by atoms with E-state index in [9.17, 15) is 0 Å². The predicted octanol–water partition coefficient (Wildman–Crippen LogP) is 8.29. The van der Waals surface area contributed by atoms with Crippen molar-refractivity contribution in [3.05, 3.63) is 115 Å². The van der Waals surface area contributed by atoms with E-state index in [1.54, 1.807) is 0 Å². The Morgan fingerprint density at radius 3 is 2.19 bits per heavy atom. The lowest BCUT2D eigenvalue weighted by molar-refractivity contribution is 0.670. The minimum Gasteiger partial charge on any atom is -0.455 e. The first kappa shape index (κ1) is 18.6. The van der Waals surface area contributed by atoms with Crippen LogP contribution in [0.15, 0.2) is 114 Å². The van der Waals surface area contributed by atoms with Crippen molar-refractivity contribution in [2.24, 2.45) is 0 Å². The molecule has 0 amide bonds. The van der Waals surface area contributed by atoms with Crippen LogP contribution < -0.4 is 0 Å². The fourth-order valence-electron chi connectivity index (χ4n) is 4.31. The van der Waals surface area contributed by atoms with Crippen molar-refractivity contribution in [3.8, 4) is 33.5 Å². The smallest absolute Gasteiger partial charge is 0.144 e. The average molecular weight is 412 g/mol. The van der Waals surface area contributed by atoms with Crippen molar-refractivity contribution in [3.63, 3.8) is 0 Å². The quantitative estimate of drug-likeness (QED) is 0.293. The largest absolute Gasteiger partial charge is 0.455 e. The maximum Gasteiger partial charge on any atom is 0.144 e. The van der Waals surface area contributed by atoms with Gasteiger partial charge in [0, 0.05) is 22.5 Å². The Labute approximate surface area is 186 Å². The van der Waals surface area contributed by atoms with Crippen LogP contribution in [0.5, 0.6) is 0 Å². The lowest BCUT2D eigenvalue weighted by Crippen LogP contribution is -1.86. The van der Waals surface area contributed by atoms with E-state index in [4.69, 9.17) is 4.42 Å². The van der Waals surface area contributed by atoms with Crippen molar-refractivity contribution < 1.29 is 4.42 Å². The minimum atomic E-state index is 0.876. The normalized spacial score (nSPS) is 11.3. The van der Waals surface area contributed by atoms with E-state index in [0.717, 1.165) is 44.3 Å². The monoisotopic (exact) mass is 411 g/mol. The number of benzene rings is 4. The number of aromatic nitrogens is 1. The van der Waals surface area contributed by atoms with Crippen molar-refractivity contribution in [1.82, 2.24) is 4.98 Å². The van der Waals surface area contributed by atoms with Gasteiger partial charge in [-0.15, -0.1) is 0 Å². The molecule has 2 heteroatoms. The summed E-state index contributed by atoms with van der Waals surface area (Å²) in [7, 11) is 0. The van der Waals surface area contributed by atoms with Crippen LogP contribution in [0.1, 0.15) is 5.56 Å². The van der Waals surface area contributed by atoms with Gasteiger partial charge in [0.2, 0.25) is 0 Å². The number of nitrogens with zero attached hydrogens (tertiary/aromatic N) is 1. The highest BCUT2D eigenvalue weighted by atomic mass is 16.3. The fraction of sp³-hybridized carbons (Fsp3) is 0.0333. The molecule has 0 radical (unpaired) electrons. The van der Waals surface area contributed by atoms with Crippen LogP contribution in [0.2, 0.25) is 0 Å². The second-order valence-electron chi connectivity index (χ2n) is 8.16. The Hall–Kier alpha value is -4.17. The molecule has 2 heterocycles. The van der Waals surface area contributed by atoms with Crippen LogP contribution in [-0.2, 0) is 0 Å². The number of furan rings is 1. The van der Waals surface area contributed by atoms with Gasteiger partial charge >= 0.3 is 0 Å². The number of rotatable bonds is 3. The molecule has 0 spiro atoms. The summed E-state index contributed by atoms with van der Waals surface area (Å²) in [5.74, 6) is 0. The number of aryl methyl sites for hydroxylation is 1. The number of para-hydroxylation sites is 1. The molecule has 0 atom stereocenters. The molecule has 0 fully saturated rings. The third-order valence-electron chi connectivity index (χ3n) is 6.03. The third kappa shape index (κ3) is 3.17. The maximum atomic E-state index is 6.43. The summed E-state index contributed by atoms with van der Waals surface area (Å²) in [6.07, 6.45) is 1.87. The Kier molecular flexibility index (Phi) is 4.36. The molecule has 0 aliphatic carbocycles. The minimum absolute atomic E-state index is 0.876. The van der Waals surface area contributed by atoms with E-state index in [1.807, 2.05) is 18.3 Å². The molecule has 0 aliphatic heterocycles. The van der Waals surface area contributed by atoms with Gasteiger partial charge in [-0.1, -0.05) is 78.4 Å². The first-order valence-electron chi connectivity index (χ1n) is 10.8. The summed E-state index contributed by atoms with van der Waals surface area (Å²) in [5, 5.41) is 2.23. The lowest BCUT2D eigenvalue weighted by Gasteiger charge is -2.06. The molecule has 152 valence electrons. The highest BCUT2D eigenvalue weighted by Crippen LogP contribution is 2.37. The maximum absolute atomic E-state index is 6.43. The molecule has 2 aromatic heterocycles. The summed E-state index contributed by atoms with van der Waals surface area (Å²) < 4.78 is 6.43. The Morgan fingerprint density at radius 1 is 0.594 bits per heavy atom. The van der Waals surface area contributed by atoms with Crippen LogP contribution in [0.3, 0.4) is 0 Å². The zero-order valence-electron chi connectivity index (χ0n) is 17.7. The Balaban J connectivity index is 1.50. The summed E-state index contributed by atoms with van der Waals surface area (Å²) in [5.41, 5.74) is 9.61. The van der Waals surface area contributed by atoms with Crippen LogP contribution in [0, 0.1) is 6.92 Å². The van der Waals surface area contributed by atoms with Gasteiger partial charge in [0.25, 0.3) is 0 Å². The van der Waals surface area contributed by atoms with Gasteiger partial charge in [-0.25, -0.2) is 0 Å². The van der Waals surface area contributed by atoms with Crippen molar-refractivity contribution in [1.29, 1.82) is 0 Å². The molecule has 6 aromatic rings. The van der Waals surface area contributed by atoms with E-state index >= 15 is 0 Å². The van der Waals surface area contributed by atoms with Gasteiger partial charge < -0.3 is 4.42 Å². The second-order valence-corrected chi connectivity index (χ2v) is 8.16. The molecule has 2 nitrogen and oxygen atoms in total. The molecule has 0 bridgehead atoms. The first-order chi connectivity index (χ1) is 15.8. The van der Waals surface area contributed by atoms with Crippen molar-refractivity contribution in [2.45, 2.75) is 6.92 Å². The lowest BCUT2D eigenvalue weighted by atomic mass is 10.0. The molecule has 32 heavy (non-hydrogen) atoms. The highest BCUT2D eigenvalue weighted by Gasteiger charge is 2.14. The van der Waals surface area contributed by atoms with E-state index in [2.05, 4.69) is 103 Å². The molecular formula is C30H21NO. The topological polar surface area (TPSA) is 26.0 Å². The standard InChI is InChI=1S/C30H21NO/c1-20-10-12-22(13-11-20)23-14-15-25-26-8-5-9-27(30(26)32-29(25)19-23)28-18-24(16-17-31-28)21-6-3-2-4-7-21/h2-19H,1H3. The molecule has 0 saturated carbocycles. The summed E-state index contributed by atoms with van der Waals surface area (Å²) in [6.45, 7) is 2.11. The van der Waals surface area contributed by atoms with Crippen LogP contribution in [0.25, 0.3) is 55.4 Å². The molecule has 0 saturated heterocycles. The van der Waals surface area contributed by atoms with Crippen LogP contribution in [0.4, 0.5) is 0 Å². The summed E-state index contributed by atoms with van der Waals surface area (Å²) >= 11 is 0. The molecule has 6 rings (SSSR count). The Bertz CT molecular complexity index is 1560. The van der Waals surface area contributed by atoms with Gasteiger partial charge in [0.15, 0.2) is 0 Å². The zero-order chi connectivity index (χ0) is 21.5. The molecular weight excluding hydrogens is 390 g/mol. The second kappa shape index (κ2) is 7.51. The van der Waals surface area contributed by atoms with Gasteiger partial charge in [0.1, 0.15) is 11.2 Å². The first-order valence-corrected chi connectivity index (χ1v) is 10.8. The molecule has 4 aromatic carbocycles. The SMILES string of the molecule is Cc1ccc(-c2ccc3c(c2)oc2c(-c4cc(-c5ccccc5)ccn4)cccc23)cc1. The molecule has 0 aliphatic rings. The zero-order valence-corrected chi connectivity index (χ0v) is 17.7. The van der Waals surface area contributed by atoms with E-state index in [0.29, 0.717) is 0 Å². The molecule has 0 unspecified atom stereocenters. The van der Waals surface area contributed by atoms with E-state index < -0.39 is 0 Å². The number of hydrogen-bond donors (Lipinski definition) is 0. The van der Waals surface area contributed by atoms with Crippen molar-refractivity contribution in [2.75, 3.05) is 0 Å². The molecule has 0 N–H and O–H groups in total. The Morgan fingerprint density at radius 2 is 1.34 bits per heavy atom. The van der Waals surface area contributed by atoms with Crippen molar-refractivity contribution >= 4 is 21.9 Å². The van der Waals surface area contributed by atoms with E-state index in [1.165, 1.54) is 16.7 Å². The van der Waals surface area contributed by atoms with Gasteiger partial charge in [-0.2, -0.15) is 0 Å². The van der Waals surface area contributed by atoms with Gasteiger partial charge in [-0.3, -0.25) is 4.98 Å². The van der Waals surface area contributed by atoms with E-state index in [-0.39, 0.29) is 0 Å². The number of pyridine rings is 1. The number of hydrogen-bond acceptors (Lipinski definition) is 2. The van der Waals surface area contributed by atoms with Gasteiger partial charge in [0.05, 0.1) is 5.69 Å².